The highest BCUT2D eigenvalue weighted by Gasteiger charge is 2.14. The highest BCUT2D eigenvalue weighted by atomic mass is 16.3. The van der Waals surface area contributed by atoms with Gasteiger partial charge in [0.05, 0.1) is 5.69 Å². The maximum absolute atomic E-state index is 6.31. The largest absolute Gasteiger partial charge is 0.455 e. The predicted octanol–water partition coefficient (Wildman–Crippen LogP) is 11.5. The van der Waals surface area contributed by atoms with Crippen LogP contribution < -0.4 is 0 Å². The van der Waals surface area contributed by atoms with E-state index in [1.54, 1.807) is 0 Å². The van der Waals surface area contributed by atoms with Crippen molar-refractivity contribution in [3.05, 3.63) is 152 Å². The first kappa shape index (κ1) is 24.6. The Morgan fingerprint density at radius 1 is 0.364 bits per heavy atom. The summed E-state index contributed by atoms with van der Waals surface area (Å²) in [6.07, 6.45) is 1.96. The molecule has 0 amide bonds. The number of pyridine rings is 1. The number of nitrogens with zero attached hydrogens (tertiary/aromatic N) is 1. The number of para-hydroxylation sites is 4. The first-order valence-corrected chi connectivity index (χ1v) is 14.8. The molecular formula is C41H25NO2. The van der Waals surface area contributed by atoms with Crippen LogP contribution in [-0.2, 0) is 0 Å². The lowest BCUT2D eigenvalue weighted by molar-refractivity contribution is 0.669. The van der Waals surface area contributed by atoms with E-state index in [1.807, 2.05) is 30.5 Å². The third-order valence-corrected chi connectivity index (χ3v) is 8.55. The van der Waals surface area contributed by atoms with Gasteiger partial charge in [-0.25, -0.2) is 0 Å². The monoisotopic (exact) mass is 563 g/mol. The third-order valence-electron chi connectivity index (χ3n) is 8.55. The van der Waals surface area contributed by atoms with Crippen LogP contribution in [0.2, 0.25) is 0 Å². The minimum Gasteiger partial charge on any atom is -0.455 e. The van der Waals surface area contributed by atoms with Crippen molar-refractivity contribution < 1.29 is 8.83 Å². The number of furan rings is 2. The Morgan fingerprint density at radius 2 is 0.864 bits per heavy atom. The molecule has 0 spiro atoms. The molecule has 0 aliphatic heterocycles. The second-order valence-electron chi connectivity index (χ2n) is 11.2. The van der Waals surface area contributed by atoms with Crippen molar-refractivity contribution in [1.29, 1.82) is 0 Å². The summed E-state index contributed by atoms with van der Waals surface area (Å²) in [7, 11) is 0. The van der Waals surface area contributed by atoms with E-state index in [0.29, 0.717) is 0 Å². The van der Waals surface area contributed by atoms with Gasteiger partial charge in [0.25, 0.3) is 0 Å². The molecule has 3 aromatic heterocycles. The van der Waals surface area contributed by atoms with Crippen LogP contribution in [-0.4, -0.2) is 4.98 Å². The zero-order valence-electron chi connectivity index (χ0n) is 23.7. The zero-order chi connectivity index (χ0) is 29.0. The van der Waals surface area contributed by atoms with E-state index in [1.165, 1.54) is 0 Å². The smallest absolute Gasteiger partial charge is 0.143 e. The first-order valence-electron chi connectivity index (χ1n) is 14.8. The van der Waals surface area contributed by atoms with Gasteiger partial charge in [0.1, 0.15) is 22.3 Å². The second kappa shape index (κ2) is 9.82. The topological polar surface area (TPSA) is 39.2 Å². The highest BCUT2D eigenvalue weighted by molar-refractivity contribution is 6.10. The molecule has 9 rings (SSSR count). The van der Waals surface area contributed by atoms with Crippen LogP contribution in [0.4, 0.5) is 0 Å². The first-order chi connectivity index (χ1) is 21.8. The Morgan fingerprint density at radius 3 is 1.45 bits per heavy atom. The van der Waals surface area contributed by atoms with Crippen LogP contribution >= 0.6 is 0 Å². The molecule has 0 saturated carbocycles. The molecule has 3 heteroatoms. The molecule has 0 aliphatic carbocycles. The third kappa shape index (κ3) is 3.94. The van der Waals surface area contributed by atoms with Gasteiger partial charge in [-0.15, -0.1) is 0 Å². The van der Waals surface area contributed by atoms with Gasteiger partial charge in [0.2, 0.25) is 0 Å². The summed E-state index contributed by atoms with van der Waals surface area (Å²) in [5.74, 6) is 0. The normalized spacial score (nSPS) is 11.6. The predicted molar refractivity (Wildman–Crippen MR) is 181 cm³/mol. The Bertz CT molecular complexity index is 2320. The van der Waals surface area contributed by atoms with Crippen molar-refractivity contribution in [2.24, 2.45) is 0 Å². The van der Waals surface area contributed by atoms with Crippen LogP contribution in [0.15, 0.2) is 161 Å². The molecule has 206 valence electrons. The van der Waals surface area contributed by atoms with E-state index in [-0.39, 0.29) is 0 Å². The zero-order valence-corrected chi connectivity index (χ0v) is 23.7. The quantitative estimate of drug-likeness (QED) is 0.214. The van der Waals surface area contributed by atoms with Crippen molar-refractivity contribution in [3.8, 4) is 44.6 Å². The summed E-state index contributed by atoms with van der Waals surface area (Å²) in [4.78, 5) is 4.90. The van der Waals surface area contributed by atoms with Crippen LogP contribution in [0.25, 0.3) is 88.5 Å². The fourth-order valence-corrected chi connectivity index (χ4v) is 6.40. The van der Waals surface area contributed by atoms with Gasteiger partial charge in [-0.05, 0) is 47.0 Å². The van der Waals surface area contributed by atoms with Crippen LogP contribution in [0.5, 0.6) is 0 Å². The van der Waals surface area contributed by atoms with Gasteiger partial charge < -0.3 is 8.83 Å². The Labute approximate surface area is 253 Å². The molecular weight excluding hydrogens is 538 g/mol. The van der Waals surface area contributed by atoms with Gasteiger partial charge in [-0.1, -0.05) is 115 Å². The van der Waals surface area contributed by atoms with E-state index in [0.717, 1.165) is 88.5 Å². The van der Waals surface area contributed by atoms with E-state index in [2.05, 4.69) is 121 Å². The lowest BCUT2D eigenvalue weighted by Gasteiger charge is -2.09. The average molecular weight is 564 g/mol. The molecule has 0 fully saturated rings. The van der Waals surface area contributed by atoms with E-state index >= 15 is 0 Å². The summed E-state index contributed by atoms with van der Waals surface area (Å²) in [6.45, 7) is 0. The maximum Gasteiger partial charge on any atom is 0.143 e. The van der Waals surface area contributed by atoms with Gasteiger partial charge in [0.15, 0.2) is 0 Å². The molecule has 44 heavy (non-hydrogen) atoms. The van der Waals surface area contributed by atoms with E-state index in [9.17, 15) is 0 Å². The van der Waals surface area contributed by atoms with Crippen molar-refractivity contribution in [3.63, 3.8) is 0 Å². The summed E-state index contributed by atoms with van der Waals surface area (Å²) >= 11 is 0. The van der Waals surface area contributed by atoms with Crippen molar-refractivity contribution >= 4 is 43.9 Å². The minimum atomic E-state index is 0.904. The maximum atomic E-state index is 6.31. The number of benzene rings is 6. The molecule has 3 nitrogen and oxygen atoms in total. The average Bonchev–Trinajstić information content (AvgIpc) is 3.67. The SMILES string of the molecule is c1cc(-c2ccc(-c3cccc(-c4cccc5c4oc4ccccc45)c3)nc2)cc(-c2cccc3c2oc2ccccc23)c1. The Kier molecular flexibility index (Phi) is 5.50. The van der Waals surface area contributed by atoms with Crippen LogP contribution in [0.3, 0.4) is 0 Å². The number of hydrogen-bond donors (Lipinski definition) is 0. The standard InChI is InChI=1S/C41H25NO2/c1-3-19-38-33(13-1)35-17-7-15-31(40(35)43-38)27-10-5-9-26(23-27)30-21-22-37(42-25-30)29-12-6-11-28(24-29)32-16-8-18-36-34-14-2-4-20-39(34)44-41(32)36/h1-25H. The molecule has 0 radical (unpaired) electrons. The number of rotatable bonds is 4. The second-order valence-corrected chi connectivity index (χ2v) is 11.2. The molecule has 0 N–H and O–H groups in total. The Balaban J connectivity index is 1.06. The van der Waals surface area contributed by atoms with Gasteiger partial charge in [-0.2, -0.15) is 0 Å². The van der Waals surface area contributed by atoms with Gasteiger partial charge >= 0.3 is 0 Å². The number of fused-ring (bicyclic) bond motifs is 6. The molecule has 9 aromatic rings. The summed E-state index contributed by atoms with van der Waals surface area (Å²) in [5.41, 5.74) is 12.2. The fraction of sp³-hybridized carbons (Fsp3) is 0. The lowest BCUT2D eigenvalue weighted by atomic mass is 9.97. The number of hydrogen-bond acceptors (Lipinski definition) is 3. The van der Waals surface area contributed by atoms with Gasteiger partial charge in [0, 0.05) is 50.0 Å². The molecule has 6 aromatic carbocycles. The van der Waals surface area contributed by atoms with E-state index in [4.69, 9.17) is 13.8 Å². The molecule has 0 saturated heterocycles. The van der Waals surface area contributed by atoms with Gasteiger partial charge in [-0.3, -0.25) is 4.98 Å². The summed E-state index contributed by atoms with van der Waals surface area (Å²) in [6, 6.07) is 50.5. The molecule has 3 heterocycles. The fourth-order valence-electron chi connectivity index (χ4n) is 6.40. The van der Waals surface area contributed by atoms with Crippen molar-refractivity contribution in [2.75, 3.05) is 0 Å². The molecule has 0 aliphatic rings. The highest BCUT2D eigenvalue weighted by Crippen LogP contribution is 2.38. The lowest BCUT2D eigenvalue weighted by Crippen LogP contribution is -1.87. The Hall–Kier alpha value is -5.93. The van der Waals surface area contributed by atoms with E-state index < -0.39 is 0 Å². The number of aromatic nitrogens is 1. The molecule has 0 atom stereocenters. The van der Waals surface area contributed by atoms with Crippen LogP contribution in [0, 0.1) is 0 Å². The van der Waals surface area contributed by atoms with Crippen molar-refractivity contribution in [2.45, 2.75) is 0 Å². The minimum absolute atomic E-state index is 0.904. The van der Waals surface area contributed by atoms with Crippen molar-refractivity contribution in [1.82, 2.24) is 4.98 Å². The molecule has 0 unspecified atom stereocenters. The van der Waals surface area contributed by atoms with Crippen LogP contribution in [0.1, 0.15) is 0 Å². The summed E-state index contributed by atoms with van der Waals surface area (Å²) in [5, 5.41) is 4.54. The molecule has 0 bridgehead atoms. The summed E-state index contributed by atoms with van der Waals surface area (Å²) < 4.78 is 12.6.